The van der Waals surface area contributed by atoms with E-state index in [1.165, 1.54) is 0 Å². The van der Waals surface area contributed by atoms with Gasteiger partial charge in [-0.25, -0.2) is 0 Å². The molecule has 0 fully saturated rings. The van der Waals surface area contributed by atoms with Crippen LogP contribution in [0, 0.1) is 0 Å². The van der Waals surface area contributed by atoms with E-state index < -0.39 is 5.60 Å². The number of nitrogens with zero attached hydrogens (tertiary/aromatic N) is 2. The quantitative estimate of drug-likeness (QED) is 0.863. The molecule has 94 valence electrons. The number of nitrogens with one attached hydrogen (secondary N) is 1. The Bertz CT molecular complexity index is 570. The molecule has 2 N–H and O–H groups in total. The Morgan fingerprint density at radius 3 is 2.78 bits per heavy atom. The van der Waals surface area contributed by atoms with Crippen LogP contribution in [0.4, 0.5) is 5.69 Å². The summed E-state index contributed by atoms with van der Waals surface area (Å²) in [4.78, 5) is 20.1. The van der Waals surface area contributed by atoms with Gasteiger partial charge in [-0.15, -0.1) is 0 Å². The van der Waals surface area contributed by atoms with Crippen LogP contribution in [0.5, 0.6) is 0 Å². The number of aromatic nitrogens is 2. The van der Waals surface area contributed by atoms with Crippen LogP contribution in [-0.2, 0) is 4.79 Å². The van der Waals surface area contributed by atoms with Crippen molar-refractivity contribution in [1.29, 1.82) is 0 Å². The molecule has 0 aliphatic rings. The number of hydrogen-bond acceptors (Lipinski definition) is 4. The number of benzene rings is 1. The van der Waals surface area contributed by atoms with E-state index in [1.807, 2.05) is 6.07 Å². The van der Waals surface area contributed by atoms with Gasteiger partial charge in [-0.1, -0.05) is 6.07 Å². The fourth-order valence-corrected chi connectivity index (χ4v) is 1.68. The van der Waals surface area contributed by atoms with Gasteiger partial charge < -0.3 is 10.4 Å². The van der Waals surface area contributed by atoms with Crippen LogP contribution in [0.1, 0.15) is 20.3 Å². The number of rotatable bonds is 3. The van der Waals surface area contributed by atoms with Crippen LogP contribution in [0.15, 0.2) is 30.6 Å². The van der Waals surface area contributed by atoms with Crippen LogP contribution >= 0.6 is 0 Å². The molecular formula is C13H15N3O2. The smallest absolute Gasteiger partial charge is 0.227 e. The van der Waals surface area contributed by atoms with Crippen molar-refractivity contribution in [2.45, 2.75) is 25.9 Å². The molecule has 2 rings (SSSR count). The Kier molecular flexibility index (Phi) is 3.25. The van der Waals surface area contributed by atoms with E-state index in [-0.39, 0.29) is 12.3 Å². The van der Waals surface area contributed by atoms with Crippen molar-refractivity contribution >= 4 is 22.6 Å². The zero-order valence-electron chi connectivity index (χ0n) is 10.3. The summed E-state index contributed by atoms with van der Waals surface area (Å²) >= 11 is 0. The number of anilines is 1. The highest BCUT2D eigenvalue weighted by molar-refractivity contribution is 5.99. The Morgan fingerprint density at radius 1 is 1.33 bits per heavy atom. The second kappa shape index (κ2) is 4.70. The lowest BCUT2D eigenvalue weighted by atomic mass is 10.1. The third kappa shape index (κ3) is 3.01. The van der Waals surface area contributed by atoms with Crippen molar-refractivity contribution in [3.8, 4) is 0 Å². The minimum Gasteiger partial charge on any atom is -0.390 e. The maximum atomic E-state index is 11.8. The van der Waals surface area contributed by atoms with Gasteiger partial charge in [0.25, 0.3) is 0 Å². The highest BCUT2D eigenvalue weighted by Gasteiger charge is 2.18. The van der Waals surface area contributed by atoms with Crippen molar-refractivity contribution in [1.82, 2.24) is 9.97 Å². The van der Waals surface area contributed by atoms with Crippen molar-refractivity contribution in [3.05, 3.63) is 30.6 Å². The first-order valence-corrected chi connectivity index (χ1v) is 5.68. The van der Waals surface area contributed by atoms with E-state index in [2.05, 4.69) is 15.3 Å². The molecule has 0 aliphatic carbocycles. The molecule has 1 aromatic carbocycles. The van der Waals surface area contributed by atoms with E-state index in [0.29, 0.717) is 11.2 Å². The Morgan fingerprint density at radius 2 is 2.06 bits per heavy atom. The van der Waals surface area contributed by atoms with Crippen LogP contribution < -0.4 is 5.32 Å². The Labute approximate surface area is 105 Å². The van der Waals surface area contributed by atoms with Crippen LogP contribution in [0.3, 0.4) is 0 Å². The van der Waals surface area contributed by atoms with Crippen LogP contribution in [-0.4, -0.2) is 26.6 Å². The summed E-state index contributed by atoms with van der Waals surface area (Å²) in [7, 11) is 0. The van der Waals surface area contributed by atoms with Crippen molar-refractivity contribution in [3.63, 3.8) is 0 Å². The molecule has 5 heteroatoms. The summed E-state index contributed by atoms with van der Waals surface area (Å²) in [5.74, 6) is -0.249. The van der Waals surface area contributed by atoms with Gasteiger partial charge in [-0.05, 0) is 26.0 Å². The fourth-order valence-electron chi connectivity index (χ4n) is 1.68. The van der Waals surface area contributed by atoms with E-state index in [0.717, 1.165) is 5.52 Å². The van der Waals surface area contributed by atoms with Crippen molar-refractivity contribution < 1.29 is 9.90 Å². The highest BCUT2D eigenvalue weighted by atomic mass is 16.3. The molecule has 0 unspecified atom stereocenters. The molecule has 1 heterocycles. The highest BCUT2D eigenvalue weighted by Crippen LogP contribution is 2.19. The van der Waals surface area contributed by atoms with Gasteiger partial charge in [0.15, 0.2) is 0 Å². The number of para-hydroxylation sites is 1. The summed E-state index contributed by atoms with van der Waals surface area (Å²) in [6, 6.07) is 5.39. The molecule has 2 aromatic rings. The van der Waals surface area contributed by atoms with Gasteiger partial charge in [0.1, 0.15) is 5.52 Å². The minimum atomic E-state index is -1.03. The summed E-state index contributed by atoms with van der Waals surface area (Å²) < 4.78 is 0. The molecular weight excluding hydrogens is 230 g/mol. The molecule has 0 bridgehead atoms. The van der Waals surface area contributed by atoms with Gasteiger partial charge in [-0.3, -0.25) is 14.8 Å². The lowest BCUT2D eigenvalue weighted by Gasteiger charge is -2.16. The van der Waals surface area contributed by atoms with E-state index >= 15 is 0 Å². The lowest BCUT2D eigenvalue weighted by molar-refractivity contribution is -0.119. The number of amides is 1. The topological polar surface area (TPSA) is 75.1 Å². The Balaban J connectivity index is 2.24. The third-order valence-corrected chi connectivity index (χ3v) is 2.37. The molecule has 18 heavy (non-hydrogen) atoms. The molecule has 1 aromatic heterocycles. The van der Waals surface area contributed by atoms with Crippen molar-refractivity contribution in [2.75, 3.05) is 5.32 Å². The molecule has 0 spiro atoms. The normalized spacial score (nSPS) is 11.5. The van der Waals surface area contributed by atoms with E-state index in [9.17, 15) is 9.90 Å². The van der Waals surface area contributed by atoms with Gasteiger partial charge in [0.2, 0.25) is 5.91 Å². The second-order valence-corrected chi connectivity index (χ2v) is 4.77. The average molecular weight is 245 g/mol. The summed E-state index contributed by atoms with van der Waals surface area (Å²) in [6.45, 7) is 3.19. The SMILES string of the molecule is CC(C)(O)CC(=O)Nc1cccc2nccnc12. The molecule has 0 atom stereocenters. The third-order valence-electron chi connectivity index (χ3n) is 2.37. The molecule has 0 aliphatic heterocycles. The first-order valence-electron chi connectivity index (χ1n) is 5.68. The molecule has 0 saturated carbocycles. The van der Waals surface area contributed by atoms with Crippen LogP contribution in [0.25, 0.3) is 11.0 Å². The number of fused-ring (bicyclic) bond motifs is 1. The minimum absolute atomic E-state index is 0.0314. The lowest BCUT2D eigenvalue weighted by Crippen LogP contribution is -2.27. The molecule has 0 radical (unpaired) electrons. The summed E-state index contributed by atoms with van der Waals surface area (Å²) in [5, 5.41) is 12.3. The average Bonchev–Trinajstić information content (AvgIpc) is 2.27. The Hall–Kier alpha value is -2.01. The monoisotopic (exact) mass is 245 g/mol. The van der Waals surface area contributed by atoms with Gasteiger partial charge in [0, 0.05) is 12.4 Å². The molecule has 5 nitrogen and oxygen atoms in total. The first kappa shape index (κ1) is 12.4. The standard InChI is InChI=1S/C13H15N3O2/c1-13(2,18)8-11(17)16-10-5-3-4-9-12(10)15-7-6-14-9/h3-7,18H,8H2,1-2H3,(H,16,17). The zero-order chi connectivity index (χ0) is 13.2. The van der Waals surface area contributed by atoms with Gasteiger partial charge in [0.05, 0.1) is 23.2 Å². The van der Waals surface area contributed by atoms with E-state index in [1.54, 1.807) is 38.4 Å². The predicted octanol–water partition coefficient (Wildman–Crippen LogP) is 1.73. The first-order chi connectivity index (χ1) is 8.46. The van der Waals surface area contributed by atoms with Gasteiger partial charge >= 0.3 is 0 Å². The number of hydrogen-bond donors (Lipinski definition) is 2. The van der Waals surface area contributed by atoms with Gasteiger partial charge in [-0.2, -0.15) is 0 Å². The summed E-state index contributed by atoms with van der Waals surface area (Å²) in [5.41, 5.74) is 0.942. The number of carbonyl (C=O) groups excluding carboxylic acids is 1. The maximum absolute atomic E-state index is 11.8. The van der Waals surface area contributed by atoms with E-state index in [4.69, 9.17) is 0 Å². The second-order valence-electron chi connectivity index (χ2n) is 4.77. The summed E-state index contributed by atoms with van der Waals surface area (Å²) in [6.07, 6.45) is 3.21. The number of aliphatic hydroxyl groups is 1. The molecule has 1 amide bonds. The maximum Gasteiger partial charge on any atom is 0.227 e. The largest absolute Gasteiger partial charge is 0.390 e. The zero-order valence-corrected chi connectivity index (χ0v) is 10.3. The molecule has 0 saturated heterocycles. The van der Waals surface area contributed by atoms with Crippen molar-refractivity contribution in [2.24, 2.45) is 0 Å². The number of carbonyl (C=O) groups is 1. The fraction of sp³-hybridized carbons (Fsp3) is 0.308. The van der Waals surface area contributed by atoms with Crippen LogP contribution in [0.2, 0.25) is 0 Å². The predicted molar refractivity (Wildman–Crippen MR) is 69.1 cm³/mol.